The van der Waals surface area contributed by atoms with Crippen molar-refractivity contribution in [1.82, 2.24) is 0 Å². The van der Waals surface area contributed by atoms with Gasteiger partial charge in [0.2, 0.25) is 0 Å². The minimum absolute atomic E-state index is 0.164. The standard InChI is InChI=1S/C21H18FNO3/c22-16-5-8-18(9-6-16)25-13-19-10-11-20(26-19)21(24)23-17-7-4-14-2-1-3-15(14)12-17/h4-12H,1-3,13H2,(H,23,24). The summed E-state index contributed by atoms with van der Waals surface area (Å²) >= 11 is 0. The van der Waals surface area contributed by atoms with Crippen LogP contribution < -0.4 is 10.1 Å². The second kappa shape index (κ2) is 7.04. The van der Waals surface area contributed by atoms with Crippen LogP contribution in [0.3, 0.4) is 0 Å². The first-order valence-electron chi connectivity index (χ1n) is 8.57. The number of carbonyl (C=O) groups is 1. The lowest BCUT2D eigenvalue weighted by molar-refractivity contribution is 0.0992. The highest BCUT2D eigenvalue weighted by atomic mass is 19.1. The number of nitrogens with one attached hydrogen (secondary N) is 1. The predicted octanol–water partition coefficient (Wildman–Crippen LogP) is 4.74. The van der Waals surface area contributed by atoms with E-state index < -0.39 is 0 Å². The summed E-state index contributed by atoms with van der Waals surface area (Å²) in [6, 6.07) is 15.1. The van der Waals surface area contributed by atoms with Crippen LogP contribution in [-0.2, 0) is 19.4 Å². The van der Waals surface area contributed by atoms with Gasteiger partial charge in [-0.1, -0.05) is 6.07 Å². The molecule has 1 heterocycles. The number of hydrogen-bond acceptors (Lipinski definition) is 3. The Morgan fingerprint density at radius 2 is 1.85 bits per heavy atom. The summed E-state index contributed by atoms with van der Waals surface area (Å²) in [7, 11) is 0. The largest absolute Gasteiger partial charge is 0.486 e. The molecule has 0 saturated heterocycles. The normalized spacial score (nSPS) is 12.7. The van der Waals surface area contributed by atoms with Crippen molar-refractivity contribution in [2.24, 2.45) is 0 Å². The quantitative estimate of drug-likeness (QED) is 0.722. The number of fused-ring (bicyclic) bond motifs is 1. The van der Waals surface area contributed by atoms with E-state index in [0.29, 0.717) is 11.5 Å². The number of benzene rings is 2. The average molecular weight is 351 g/mol. The summed E-state index contributed by atoms with van der Waals surface area (Å²) in [6.07, 6.45) is 3.34. The van der Waals surface area contributed by atoms with Crippen LogP contribution in [0.25, 0.3) is 0 Å². The van der Waals surface area contributed by atoms with Gasteiger partial charge < -0.3 is 14.5 Å². The predicted molar refractivity (Wildman–Crippen MR) is 95.9 cm³/mol. The van der Waals surface area contributed by atoms with Gasteiger partial charge in [-0.25, -0.2) is 4.39 Å². The maximum absolute atomic E-state index is 12.9. The van der Waals surface area contributed by atoms with Crippen molar-refractivity contribution in [3.05, 3.63) is 83.1 Å². The van der Waals surface area contributed by atoms with E-state index in [4.69, 9.17) is 9.15 Å². The van der Waals surface area contributed by atoms with Crippen molar-refractivity contribution in [3.8, 4) is 5.75 Å². The maximum Gasteiger partial charge on any atom is 0.291 e. The van der Waals surface area contributed by atoms with E-state index in [0.717, 1.165) is 18.5 Å². The fourth-order valence-electron chi connectivity index (χ4n) is 3.11. The van der Waals surface area contributed by atoms with Gasteiger partial charge in [0, 0.05) is 5.69 Å². The molecule has 0 bridgehead atoms. The topological polar surface area (TPSA) is 51.5 Å². The van der Waals surface area contributed by atoms with Gasteiger partial charge >= 0.3 is 0 Å². The molecule has 0 aliphatic heterocycles. The molecule has 0 fully saturated rings. The van der Waals surface area contributed by atoms with Crippen molar-refractivity contribution < 1.29 is 18.3 Å². The molecule has 3 aromatic rings. The van der Waals surface area contributed by atoms with E-state index in [1.54, 1.807) is 24.3 Å². The monoisotopic (exact) mass is 351 g/mol. The van der Waals surface area contributed by atoms with E-state index >= 15 is 0 Å². The highest BCUT2D eigenvalue weighted by Gasteiger charge is 2.15. The minimum atomic E-state index is -0.319. The van der Waals surface area contributed by atoms with Gasteiger partial charge in [-0.05, 0) is 78.9 Å². The van der Waals surface area contributed by atoms with Gasteiger partial charge in [0.15, 0.2) is 5.76 Å². The van der Waals surface area contributed by atoms with Crippen LogP contribution in [0.4, 0.5) is 10.1 Å². The van der Waals surface area contributed by atoms with Crippen molar-refractivity contribution in [3.63, 3.8) is 0 Å². The zero-order valence-electron chi connectivity index (χ0n) is 14.1. The third-order valence-electron chi connectivity index (χ3n) is 4.44. The molecule has 132 valence electrons. The van der Waals surface area contributed by atoms with Gasteiger partial charge in [-0.3, -0.25) is 4.79 Å². The molecule has 1 aromatic heterocycles. The third-order valence-corrected chi connectivity index (χ3v) is 4.44. The molecule has 4 rings (SSSR count). The van der Waals surface area contributed by atoms with Gasteiger partial charge in [-0.15, -0.1) is 0 Å². The number of anilines is 1. The highest BCUT2D eigenvalue weighted by molar-refractivity contribution is 6.02. The molecule has 1 aliphatic rings. The summed E-state index contributed by atoms with van der Waals surface area (Å²) in [5, 5.41) is 2.87. The third kappa shape index (κ3) is 3.61. The Morgan fingerprint density at radius 1 is 1.04 bits per heavy atom. The van der Waals surface area contributed by atoms with Crippen molar-refractivity contribution >= 4 is 11.6 Å². The first-order chi connectivity index (χ1) is 12.7. The first kappa shape index (κ1) is 16.4. The molecule has 0 unspecified atom stereocenters. The number of rotatable bonds is 5. The first-order valence-corrected chi connectivity index (χ1v) is 8.57. The van der Waals surface area contributed by atoms with Crippen molar-refractivity contribution in [1.29, 1.82) is 0 Å². The molecule has 5 heteroatoms. The van der Waals surface area contributed by atoms with E-state index in [9.17, 15) is 9.18 Å². The van der Waals surface area contributed by atoms with Crippen LogP contribution in [-0.4, -0.2) is 5.91 Å². The molecular formula is C21H18FNO3. The molecule has 1 aliphatic carbocycles. The summed E-state index contributed by atoms with van der Waals surface area (Å²) in [6.45, 7) is 0.164. The number of aryl methyl sites for hydroxylation is 2. The lowest BCUT2D eigenvalue weighted by Crippen LogP contribution is -2.11. The Labute approximate surface area is 150 Å². The number of hydrogen-bond donors (Lipinski definition) is 1. The fraction of sp³-hybridized carbons (Fsp3) is 0.190. The van der Waals surface area contributed by atoms with E-state index in [1.165, 1.54) is 29.7 Å². The molecule has 0 spiro atoms. The Kier molecular flexibility index (Phi) is 4.44. The van der Waals surface area contributed by atoms with Gasteiger partial charge in [0.05, 0.1) is 0 Å². The molecule has 1 N–H and O–H groups in total. The van der Waals surface area contributed by atoms with Crippen molar-refractivity contribution in [2.45, 2.75) is 25.9 Å². The number of furan rings is 1. The lowest BCUT2D eigenvalue weighted by atomic mass is 10.1. The molecule has 26 heavy (non-hydrogen) atoms. The SMILES string of the molecule is O=C(Nc1ccc2c(c1)CCC2)c1ccc(COc2ccc(F)cc2)o1. The van der Waals surface area contributed by atoms with E-state index in [2.05, 4.69) is 11.4 Å². The molecule has 2 aromatic carbocycles. The molecule has 0 saturated carbocycles. The Morgan fingerprint density at radius 3 is 2.69 bits per heavy atom. The molecule has 1 amide bonds. The summed E-state index contributed by atoms with van der Waals surface area (Å²) in [4.78, 5) is 12.4. The fourth-order valence-corrected chi connectivity index (χ4v) is 3.11. The summed E-state index contributed by atoms with van der Waals surface area (Å²) < 4.78 is 23.9. The van der Waals surface area contributed by atoms with Gasteiger partial charge in [-0.2, -0.15) is 0 Å². The second-order valence-corrected chi connectivity index (χ2v) is 6.30. The minimum Gasteiger partial charge on any atom is -0.486 e. The number of amides is 1. The molecule has 0 radical (unpaired) electrons. The number of halogens is 1. The number of ether oxygens (including phenoxy) is 1. The lowest BCUT2D eigenvalue weighted by Gasteiger charge is -2.06. The van der Waals surface area contributed by atoms with Crippen LogP contribution in [0.15, 0.2) is 59.0 Å². The van der Waals surface area contributed by atoms with Crippen molar-refractivity contribution in [2.75, 3.05) is 5.32 Å². The smallest absolute Gasteiger partial charge is 0.291 e. The summed E-state index contributed by atoms with van der Waals surface area (Å²) in [5.41, 5.74) is 3.44. The van der Waals surface area contributed by atoms with Crippen LogP contribution in [0.1, 0.15) is 33.9 Å². The molecular weight excluding hydrogens is 333 g/mol. The van der Waals surface area contributed by atoms with Crippen LogP contribution >= 0.6 is 0 Å². The molecule has 4 nitrogen and oxygen atoms in total. The summed E-state index contributed by atoms with van der Waals surface area (Å²) in [5.74, 6) is 0.667. The zero-order chi connectivity index (χ0) is 17.9. The van der Waals surface area contributed by atoms with Crippen LogP contribution in [0.2, 0.25) is 0 Å². The van der Waals surface area contributed by atoms with Crippen LogP contribution in [0, 0.1) is 5.82 Å². The zero-order valence-corrected chi connectivity index (χ0v) is 14.1. The van der Waals surface area contributed by atoms with E-state index in [-0.39, 0.29) is 24.1 Å². The second-order valence-electron chi connectivity index (χ2n) is 6.30. The Balaban J connectivity index is 1.37. The van der Waals surface area contributed by atoms with E-state index in [1.807, 2.05) is 12.1 Å². The molecule has 0 atom stereocenters. The Bertz CT molecular complexity index is 931. The van der Waals surface area contributed by atoms with Gasteiger partial charge in [0.1, 0.15) is 23.9 Å². The number of carbonyl (C=O) groups excluding carboxylic acids is 1. The van der Waals surface area contributed by atoms with Gasteiger partial charge in [0.25, 0.3) is 5.91 Å². The highest BCUT2D eigenvalue weighted by Crippen LogP contribution is 2.25. The van der Waals surface area contributed by atoms with Crippen LogP contribution in [0.5, 0.6) is 5.75 Å². The maximum atomic E-state index is 12.9. The average Bonchev–Trinajstić information content (AvgIpc) is 3.30. The Hall–Kier alpha value is -3.08.